The Morgan fingerprint density at radius 3 is 3.13 bits per heavy atom. The molecule has 1 aliphatic heterocycles. The molecule has 2 unspecified atom stereocenters. The maximum Gasteiger partial charge on any atom is 0.0991 e. The van der Waals surface area contributed by atoms with Crippen LogP contribution in [0.5, 0.6) is 0 Å². The molecule has 1 heterocycles. The van der Waals surface area contributed by atoms with Crippen molar-refractivity contribution in [3.63, 3.8) is 0 Å². The predicted molar refractivity (Wildman–Crippen MR) is 56.5 cm³/mol. The van der Waals surface area contributed by atoms with Gasteiger partial charge in [-0.3, -0.25) is 0 Å². The van der Waals surface area contributed by atoms with E-state index in [1.807, 2.05) is 6.07 Å². The van der Waals surface area contributed by atoms with E-state index in [4.69, 9.17) is 5.26 Å². The zero-order valence-electron chi connectivity index (χ0n) is 8.51. The van der Waals surface area contributed by atoms with Gasteiger partial charge in [-0.2, -0.15) is 5.26 Å². The standard InChI is InChI=1S/C13H12N2/c14-5-9-1-2-11-10(3-9)4-12-6-13(11,12)8-15-7-12/h1-3,15H,4,6-8H2. The van der Waals surface area contributed by atoms with Crippen molar-refractivity contribution >= 4 is 0 Å². The fourth-order valence-corrected chi connectivity index (χ4v) is 3.94. The summed E-state index contributed by atoms with van der Waals surface area (Å²) in [5.74, 6) is 0. The molecule has 1 aromatic rings. The zero-order valence-corrected chi connectivity index (χ0v) is 8.51. The van der Waals surface area contributed by atoms with Crippen molar-refractivity contribution in [2.45, 2.75) is 18.3 Å². The van der Waals surface area contributed by atoms with Crippen molar-refractivity contribution in [3.05, 3.63) is 34.9 Å². The molecule has 2 heteroatoms. The third-order valence-electron chi connectivity index (χ3n) is 4.70. The van der Waals surface area contributed by atoms with E-state index in [0.29, 0.717) is 10.8 Å². The highest BCUT2D eigenvalue weighted by molar-refractivity contribution is 5.56. The van der Waals surface area contributed by atoms with E-state index in [9.17, 15) is 0 Å². The Labute approximate surface area is 88.9 Å². The lowest BCUT2D eigenvalue weighted by atomic mass is 9.94. The summed E-state index contributed by atoms with van der Waals surface area (Å²) in [6.07, 6.45) is 2.55. The predicted octanol–water partition coefficient (Wildman–Crippen LogP) is 1.35. The molecule has 1 N–H and O–H groups in total. The van der Waals surface area contributed by atoms with Crippen LogP contribution in [-0.4, -0.2) is 13.1 Å². The molecule has 0 amide bonds. The van der Waals surface area contributed by atoms with Crippen LogP contribution in [0.3, 0.4) is 0 Å². The number of benzene rings is 1. The van der Waals surface area contributed by atoms with E-state index < -0.39 is 0 Å². The van der Waals surface area contributed by atoms with Gasteiger partial charge in [0.2, 0.25) is 0 Å². The molecule has 0 radical (unpaired) electrons. The van der Waals surface area contributed by atoms with Crippen molar-refractivity contribution in [3.8, 4) is 6.07 Å². The van der Waals surface area contributed by atoms with Crippen LogP contribution in [0.25, 0.3) is 0 Å². The Kier molecular flexibility index (Phi) is 1.11. The van der Waals surface area contributed by atoms with Crippen molar-refractivity contribution in [1.82, 2.24) is 5.32 Å². The average Bonchev–Trinajstić information content (AvgIpc) is 2.64. The van der Waals surface area contributed by atoms with Crippen LogP contribution in [0.2, 0.25) is 0 Å². The maximum atomic E-state index is 8.88. The van der Waals surface area contributed by atoms with Crippen molar-refractivity contribution < 1.29 is 0 Å². The van der Waals surface area contributed by atoms with Gasteiger partial charge in [0, 0.05) is 18.5 Å². The Balaban J connectivity index is 1.92. The van der Waals surface area contributed by atoms with Gasteiger partial charge in [0.05, 0.1) is 11.6 Å². The largest absolute Gasteiger partial charge is 0.315 e. The van der Waals surface area contributed by atoms with Gasteiger partial charge in [-0.05, 0) is 41.5 Å². The lowest BCUT2D eigenvalue weighted by Gasteiger charge is -2.13. The number of piperidine rings is 1. The minimum absolute atomic E-state index is 0.455. The Morgan fingerprint density at radius 1 is 1.33 bits per heavy atom. The van der Waals surface area contributed by atoms with E-state index in [1.54, 1.807) is 0 Å². The maximum absolute atomic E-state index is 8.88. The summed E-state index contributed by atoms with van der Waals surface area (Å²) in [5, 5.41) is 12.4. The van der Waals surface area contributed by atoms with Crippen LogP contribution < -0.4 is 5.32 Å². The van der Waals surface area contributed by atoms with Gasteiger partial charge in [0.1, 0.15) is 0 Å². The van der Waals surface area contributed by atoms with Crippen LogP contribution in [0.4, 0.5) is 0 Å². The van der Waals surface area contributed by atoms with E-state index >= 15 is 0 Å². The van der Waals surface area contributed by atoms with Crippen molar-refractivity contribution in [2.24, 2.45) is 5.41 Å². The molecule has 2 atom stereocenters. The number of nitriles is 1. The Bertz CT molecular complexity index is 510. The van der Waals surface area contributed by atoms with Gasteiger partial charge < -0.3 is 5.32 Å². The topological polar surface area (TPSA) is 35.8 Å². The van der Waals surface area contributed by atoms with Crippen LogP contribution in [0, 0.1) is 16.7 Å². The Hall–Kier alpha value is -1.33. The number of rotatable bonds is 0. The van der Waals surface area contributed by atoms with Crippen molar-refractivity contribution in [1.29, 1.82) is 5.26 Å². The highest BCUT2D eigenvalue weighted by atomic mass is 15.0. The highest BCUT2D eigenvalue weighted by Gasteiger charge is 2.73. The number of nitrogens with zero attached hydrogens (tertiary/aromatic N) is 1. The molecule has 0 aromatic heterocycles. The number of nitrogens with one attached hydrogen (secondary N) is 1. The molecule has 15 heavy (non-hydrogen) atoms. The van der Waals surface area contributed by atoms with Crippen LogP contribution in [0.15, 0.2) is 18.2 Å². The summed E-state index contributed by atoms with van der Waals surface area (Å²) in [6, 6.07) is 8.49. The molecule has 1 saturated heterocycles. The summed E-state index contributed by atoms with van der Waals surface area (Å²) < 4.78 is 0. The molecule has 0 bridgehead atoms. The summed E-state index contributed by atoms with van der Waals surface area (Å²) in [6.45, 7) is 2.31. The third-order valence-corrected chi connectivity index (χ3v) is 4.70. The van der Waals surface area contributed by atoms with E-state index in [1.165, 1.54) is 30.5 Å². The minimum atomic E-state index is 0.455. The molecule has 4 rings (SSSR count). The van der Waals surface area contributed by atoms with Crippen LogP contribution >= 0.6 is 0 Å². The molecule has 0 spiro atoms. The summed E-state index contributed by atoms with van der Waals surface area (Å²) >= 11 is 0. The van der Waals surface area contributed by atoms with Crippen LogP contribution in [-0.2, 0) is 11.8 Å². The van der Waals surface area contributed by atoms with Crippen molar-refractivity contribution in [2.75, 3.05) is 13.1 Å². The quantitative estimate of drug-likeness (QED) is 0.679. The van der Waals surface area contributed by atoms with Gasteiger partial charge in [0.25, 0.3) is 0 Å². The first kappa shape index (κ1) is 7.90. The van der Waals surface area contributed by atoms with Gasteiger partial charge in [0.15, 0.2) is 0 Å². The monoisotopic (exact) mass is 196 g/mol. The van der Waals surface area contributed by atoms with Crippen LogP contribution in [0.1, 0.15) is 23.1 Å². The molecular formula is C13H12N2. The second-order valence-corrected chi connectivity index (χ2v) is 5.30. The SMILES string of the molecule is N#Cc1ccc2c(c1)CC13CNCC21C3. The average molecular weight is 196 g/mol. The molecule has 2 aliphatic carbocycles. The second kappa shape index (κ2) is 2.10. The van der Waals surface area contributed by atoms with E-state index in [2.05, 4.69) is 23.5 Å². The highest BCUT2D eigenvalue weighted by Crippen LogP contribution is 2.72. The summed E-state index contributed by atoms with van der Waals surface area (Å²) in [7, 11) is 0. The molecule has 1 aromatic carbocycles. The first-order valence-electron chi connectivity index (χ1n) is 5.54. The zero-order chi connectivity index (χ0) is 10.1. The Morgan fingerprint density at radius 2 is 2.27 bits per heavy atom. The number of hydrogen-bond acceptors (Lipinski definition) is 2. The normalized spacial score (nSPS) is 39.1. The smallest absolute Gasteiger partial charge is 0.0991 e. The third kappa shape index (κ3) is 0.692. The van der Waals surface area contributed by atoms with E-state index in [-0.39, 0.29) is 0 Å². The molecule has 2 fully saturated rings. The summed E-state index contributed by atoms with van der Waals surface area (Å²) in [4.78, 5) is 0. The molecule has 2 nitrogen and oxygen atoms in total. The van der Waals surface area contributed by atoms with Gasteiger partial charge in [-0.25, -0.2) is 0 Å². The van der Waals surface area contributed by atoms with E-state index in [0.717, 1.165) is 12.1 Å². The number of fused-ring (bicyclic) bond motifs is 1. The molecular weight excluding hydrogens is 184 g/mol. The number of hydrogen-bond donors (Lipinski definition) is 1. The van der Waals surface area contributed by atoms with Gasteiger partial charge in [-0.1, -0.05) is 6.07 Å². The lowest BCUT2D eigenvalue weighted by Crippen LogP contribution is -2.21. The lowest BCUT2D eigenvalue weighted by molar-refractivity contribution is 0.522. The fourth-order valence-electron chi connectivity index (χ4n) is 3.94. The molecule has 74 valence electrons. The molecule has 3 aliphatic rings. The minimum Gasteiger partial charge on any atom is -0.315 e. The van der Waals surface area contributed by atoms with Gasteiger partial charge >= 0.3 is 0 Å². The first-order valence-corrected chi connectivity index (χ1v) is 5.54. The first-order chi connectivity index (χ1) is 7.30. The van der Waals surface area contributed by atoms with Gasteiger partial charge in [-0.15, -0.1) is 0 Å². The second-order valence-electron chi connectivity index (χ2n) is 5.30. The molecule has 1 saturated carbocycles. The fraction of sp³-hybridized carbons (Fsp3) is 0.462. The summed E-state index contributed by atoms with van der Waals surface area (Å²) in [5.41, 5.74) is 4.75.